The molecule has 2 aliphatic rings. The highest BCUT2D eigenvalue weighted by Crippen LogP contribution is 2.59. The quantitative estimate of drug-likeness (QED) is 0.648. The lowest BCUT2D eigenvalue weighted by atomic mass is 10.1. The third kappa shape index (κ3) is 1.54. The maximum absolute atomic E-state index is 9.16. The van der Waals surface area contributed by atoms with Gasteiger partial charge >= 0.3 is 0 Å². The van der Waals surface area contributed by atoms with E-state index in [1.54, 1.807) is 5.57 Å². The summed E-state index contributed by atoms with van der Waals surface area (Å²) in [6.45, 7) is 4.90. The summed E-state index contributed by atoms with van der Waals surface area (Å²) >= 11 is 0. The third-order valence-corrected chi connectivity index (χ3v) is 4.00. The first-order valence-corrected chi connectivity index (χ1v) is 5.46. The van der Waals surface area contributed by atoms with Gasteiger partial charge in [0.1, 0.15) is 0 Å². The molecule has 0 aromatic rings. The Morgan fingerprint density at radius 1 is 1.38 bits per heavy atom. The van der Waals surface area contributed by atoms with Gasteiger partial charge in [0.05, 0.1) is 0 Å². The van der Waals surface area contributed by atoms with Crippen molar-refractivity contribution in [2.24, 2.45) is 17.3 Å². The van der Waals surface area contributed by atoms with Crippen LogP contribution in [0.5, 0.6) is 0 Å². The Hall–Kier alpha value is -0.300. The van der Waals surface area contributed by atoms with Crippen molar-refractivity contribution in [3.05, 3.63) is 11.6 Å². The molecule has 2 saturated carbocycles. The van der Waals surface area contributed by atoms with E-state index in [1.807, 2.05) is 0 Å². The van der Waals surface area contributed by atoms with Crippen LogP contribution in [0.2, 0.25) is 0 Å². The molecule has 2 rings (SSSR count). The Labute approximate surface area is 80.8 Å². The van der Waals surface area contributed by atoms with Crippen LogP contribution in [0.4, 0.5) is 0 Å². The van der Waals surface area contributed by atoms with Gasteiger partial charge in [0, 0.05) is 6.61 Å². The Kier molecular flexibility index (Phi) is 2.23. The molecular formula is C12H20O. The van der Waals surface area contributed by atoms with Crippen LogP contribution in [-0.4, -0.2) is 11.7 Å². The molecular weight excluding hydrogens is 160 g/mol. The largest absolute Gasteiger partial charge is 0.396 e. The van der Waals surface area contributed by atoms with E-state index < -0.39 is 0 Å². The minimum absolute atomic E-state index is 0.363. The average Bonchev–Trinajstić information content (AvgIpc) is 2.54. The van der Waals surface area contributed by atoms with E-state index >= 15 is 0 Å². The van der Waals surface area contributed by atoms with Gasteiger partial charge in [-0.3, -0.25) is 0 Å². The molecule has 0 aromatic heterocycles. The molecule has 0 spiro atoms. The Morgan fingerprint density at radius 2 is 2.00 bits per heavy atom. The first-order chi connectivity index (χ1) is 6.16. The van der Waals surface area contributed by atoms with Gasteiger partial charge in [-0.05, 0) is 42.9 Å². The first kappa shape index (κ1) is 9.26. The summed E-state index contributed by atoms with van der Waals surface area (Å²) in [7, 11) is 0. The van der Waals surface area contributed by atoms with E-state index in [9.17, 15) is 0 Å². The van der Waals surface area contributed by atoms with Crippen molar-refractivity contribution in [1.82, 2.24) is 0 Å². The lowest BCUT2D eigenvalue weighted by molar-refractivity contribution is 0.256. The van der Waals surface area contributed by atoms with Crippen LogP contribution in [0, 0.1) is 17.3 Å². The van der Waals surface area contributed by atoms with Gasteiger partial charge in [-0.15, -0.1) is 0 Å². The van der Waals surface area contributed by atoms with Crippen LogP contribution >= 0.6 is 0 Å². The molecule has 0 unspecified atom stereocenters. The molecule has 1 nitrogen and oxygen atoms in total. The lowest BCUT2D eigenvalue weighted by Gasteiger charge is -1.99. The summed E-state index contributed by atoms with van der Waals surface area (Å²) < 4.78 is 0. The predicted octanol–water partition coefficient (Wildman–Crippen LogP) is 2.75. The second-order valence-electron chi connectivity index (χ2n) is 5.17. The Morgan fingerprint density at radius 3 is 2.46 bits per heavy atom. The van der Waals surface area contributed by atoms with Crippen molar-refractivity contribution in [2.45, 2.75) is 39.5 Å². The second kappa shape index (κ2) is 3.13. The highest BCUT2D eigenvalue weighted by molar-refractivity contribution is 5.20. The number of aliphatic hydroxyl groups is 1. The normalized spacial score (nSPS) is 36.4. The van der Waals surface area contributed by atoms with Crippen LogP contribution in [0.15, 0.2) is 11.6 Å². The number of hydrogen-bond donors (Lipinski definition) is 1. The standard InChI is InChI=1S/C12H20O/c1-12(2)10(11(12)8-13)7-9-5-3-4-6-9/h7,10-11,13H,3-6,8H2,1-2H3/t10-,11-/m0/s1. The zero-order chi connectivity index (χ0) is 9.47. The fraction of sp³-hybridized carbons (Fsp3) is 0.833. The van der Waals surface area contributed by atoms with Crippen molar-refractivity contribution >= 4 is 0 Å². The summed E-state index contributed by atoms with van der Waals surface area (Å²) in [6.07, 6.45) is 7.83. The zero-order valence-electron chi connectivity index (χ0n) is 8.71. The molecule has 0 saturated heterocycles. The van der Waals surface area contributed by atoms with E-state index in [2.05, 4.69) is 19.9 Å². The summed E-state index contributed by atoms with van der Waals surface area (Å²) in [5.41, 5.74) is 2.01. The molecule has 0 amide bonds. The molecule has 0 aromatic carbocycles. The zero-order valence-corrected chi connectivity index (χ0v) is 8.71. The highest BCUT2D eigenvalue weighted by atomic mass is 16.3. The molecule has 74 valence electrons. The number of allylic oxidation sites excluding steroid dienone is 2. The van der Waals surface area contributed by atoms with Gasteiger partial charge in [-0.1, -0.05) is 25.5 Å². The molecule has 1 heteroatoms. The van der Waals surface area contributed by atoms with E-state index in [1.165, 1.54) is 25.7 Å². The minimum Gasteiger partial charge on any atom is -0.396 e. The summed E-state index contributed by atoms with van der Waals surface area (Å²) in [6, 6.07) is 0. The number of hydrogen-bond acceptors (Lipinski definition) is 1. The highest BCUT2D eigenvalue weighted by Gasteiger charge is 2.55. The maximum atomic E-state index is 9.16. The maximum Gasteiger partial charge on any atom is 0.0470 e. The van der Waals surface area contributed by atoms with E-state index in [0.717, 1.165) is 0 Å². The molecule has 2 fully saturated rings. The second-order valence-corrected chi connectivity index (χ2v) is 5.17. The van der Waals surface area contributed by atoms with E-state index in [4.69, 9.17) is 5.11 Å². The molecule has 0 bridgehead atoms. The average molecular weight is 180 g/mol. The van der Waals surface area contributed by atoms with Crippen LogP contribution < -0.4 is 0 Å². The number of rotatable bonds is 2. The lowest BCUT2D eigenvalue weighted by Crippen LogP contribution is -1.93. The third-order valence-electron chi connectivity index (χ3n) is 4.00. The van der Waals surface area contributed by atoms with E-state index in [0.29, 0.717) is 23.9 Å². The van der Waals surface area contributed by atoms with Crippen LogP contribution in [0.3, 0.4) is 0 Å². The minimum atomic E-state index is 0.363. The van der Waals surface area contributed by atoms with E-state index in [-0.39, 0.29) is 0 Å². The topological polar surface area (TPSA) is 20.2 Å². The van der Waals surface area contributed by atoms with Gasteiger partial charge in [0.25, 0.3) is 0 Å². The smallest absolute Gasteiger partial charge is 0.0470 e. The summed E-state index contributed by atoms with van der Waals surface area (Å²) in [5.74, 6) is 1.19. The summed E-state index contributed by atoms with van der Waals surface area (Å²) in [5, 5.41) is 9.16. The van der Waals surface area contributed by atoms with Gasteiger partial charge < -0.3 is 5.11 Å². The fourth-order valence-corrected chi connectivity index (χ4v) is 2.72. The fourth-order valence-electron chi connectivity index (χ4n) is 2.72. The van der Waals surface area contributed by atoms with Gasteiger partial charge in [-0.2, -0.15) is 0 Å². The van der Waals surface area contributed by atoms with Crippen molar-refractivity contribution in [3.8, 4) is 0 Å². The molecule has 0 heterocycles. The molecule has 13 heavy (non-hydrogen) atoms. The van der Waals surface area contributed by atoms with Crippen molar-refractivity contribution < 1.29 is 5.11 Å². The number of aliphatic hydroxyl groups excluding tert-OH is 1. The predicted molar refractivity (Wildman–Crippen MR) is 54.4 cm³/mol. The molecule has 2 aliphatic carbocycles. The van der Waals surface area contributed by atoms with Crippen molar-refractivity contribution in [2.75, 3.05) is 6.61 Å². The molecule has 1 N–H and O–H groups in total. The first-order valence-electron chi connectivity index (χ1n) is 5.46. The Bertz CT molecular complexity index is 219. The van der Waals surface area contributed by atoms with Crippen molar-refractivity contribution in [1.29, 1.82) is 0 Å². The van der Waals surface area contributed by atoms with Gasteiger partial charge in [0.15, 0.2) is 0 Å². The molecule has 0 radical (unpaired) electrons. The van der Waals surface area contributed by atoms with Gasteiger partial charge in [-0.25, -0.2) is 0 Å². The van der Waals surface area contributed by atoms with Crippen LogP contribution in [0.25, 0.3) is 0 Å². The van der Waals surface area contributed by atoms with Crippen LogP contribution in [-0.2, 0) is 0 Å². The molecule has 0 aliphatic heterocycles. The van der Waals surface area contributed by atoms with Gasteiger partial charge in [0.2, 0.25) is 0 Å². The monoisotopic (exact) mass is 180 g/mol. The SMILES string of the molecule is CC1(C)[C@@H](C=C2CCCC2)[C@@H]1CO. The Balaban J connectivity index is 2.00. The van der Waals surface area contributed by atoms with Crippen molar-refractivity contribution in [3.63, 3.8) is 0 Å². The molecule has 2 atom stereocenters. The van der Waals surface area contributed by atoms with Crippen LogP contribution in [0.1, 0.15) is 39.5 Å². The summed E-state index contributed by atoms with van der Waals surface area (Å²) in [4.78, 5) is 0.